The third kappa shape index (κ3) is 5.16. The summed E-state index contributed by atoms with van der Waals surface area (Å²) in [6, 6.07) is 22.9. The molecule has 0 unspecified atom stereocenters. The van der Waals surface area contributed by atoms with E-state index >= 15 is 0 Å². The minimum Gasteiger partial charge on any atom is -0.497 e. The maximum absolute atomic E-state index is 12.6. The van der Waals surface area contributed by atoms with E-state index in [1.807, 2.05) is 66.7 Å². The first kappa shape index (κ1) is 20.8. The molecule has 0 aliphatic carbocycles. The van der Waals surface area contributed by atoms with Crippen molar-refractivity contribution >= 4 is 35.3 Å². The van der Waals surface area contributed by atoms with E-state index in [9.17, 15) is 9.59 Å². The van der Waals surface area contributed by atoms with Gasteiger partial charge in [0, 0.05) is 17.0 Å². The Morgan fingerprint density at radius 3 is 2.71 bits per heavy atom. The number of benzene rings is 3. The molecule has 3 aromatic carbocycles. The van der Waals surface area contributed by atoms with Gasteiger partial charge >= 0.3 is 0 Å². The maximum Gasteiger partial charge on any atom is 0.262 e. The zero-order valence-electron chi connectivity index (χ0n) is 17.1. The molecule has 0 aromatic heterocycles. The van der Waals surface area contributed by atoms with Gasteiger partial charge in [0.15, 0.2) is 0 Å². The van der Waals surface area contributed by atoms with Crippen molar-refractivity contribution in [3.8, 4) is 5.75 Å². The normalized spacial score (nSPS) is 14.0. The smallest absolute Gasteiger partial charge is 0.262 e. The molecule has 0 radical (unpaired) electrons. The van der Waals surface area contributed by atoms with Crippen molar-refractivity contribution in [2.45, 2.75) is 11.3 Å². The van der Waals surface area contributed by atoms with Crippen LogP contribution in [0.3, 0.4) is 0 Å². The van der Waals surface area contributed by atoms with Gasteiger partial charge in [0.1, 0.15) is 5.75 Å². The second-order valence-electron chi connectivity index (χ2n) is 7.04. The van der Waals surface area contributed by atoms with Gasteiger partial charge < -0.3 is 15.4 Å². The molecule has 6 heteroatoms. The Bertz CT molecular complexity index is 1140. The summed E-state index contributed by atoms with van der Waals surface area (Å²) in [5.74, 6) is 0.386. The maximum atomic E-state index is 12.6. The van der Waals surface area contributed by atoms with Crippen molar-refractivity contribution in [1.82, 2.24) is 5.32 Å². The first-order valence-electron chi connectivity index (χ1n) is 9.93. The molecule has 0 fully saturated rings. The van der Waals surface area contributed by atoms with Gasteiger partial charge in [-0.3, -0.25) is 9.59 Å². The highest BCUT2D eigenvalue weighted by Crippen LogP contribution is 2.39. The molecule has 0 atom stereocenters. The monoisotopic (exact) mass is 430 g/mol. The lowest BCUT2D eigenvalue weighted by atomic mass is 10.1. The average Bonchev–Trinajstić information content (AvgIpc) is 2.80. The molecular weight excluding hydrogens is 408 g/mol. The molecule has 1 aliphatic heterocycles. The third-order valence-electron chi connectivity index (χ3n) is 4.87. The summed E-state index contributed by atoms with van der Waals surface area (Å²) < 4.78 is 5.24. The molecule has 1 aliphatic rings. The number of nitrogens with one attached hydrogen (secondary N) is 2. The van der Waals surface area contributed by atoms with E-state index in [1.54, 1.807) is 19.2 Å². The Labute approximate surface area is 185 Å². The van der Waals surface area contributed by atoms with Crippen molar-refractivity contribution in [2.75, 3.05) is 19.0 Å². The molecular formula is C25H22N2O3S. The van der Waals surface area contributed by atoms with Crippen LogP contribution in [0.15, 0.2) is 82.6 Å². The SMILES string of the molecule is COc1cccc(/C=C2/Sc3ccc(C(=O)NCCc4ccccc4)cc3NC2=O)c1. The second kappa shape index (κ2) is 9.53. The fourth-order valence-corrected chi connectivity index (χ4v) is 4.18. The fraction of sp³-hybridized carbons (Fsp3) is 0.120. The number of carbonyl (C=O) groups excluding carboxylic acids is 2. The molecule has 3 aromatic rings. The minimum absolute atomic E-state index is 0.157. The Morgan fingerprint density at radius 2 is 1.90 bits per heavy atom. The number of anilines is 1. The van der Waals surface area contributed by atoms with Gasteiger partial charge in [-0.2, -0.15) is 0 Å². The van der Waals surface area contributed by atoms with Crippen LogP contribution in [0.4, 0.5) is 5.69 Å². The summed E-state index contributed by atoms with van der Waals surface area (Å²) >= 11 is 1.39. The number of ether oxygens (including phenoxy) is 1. The fourth-order valence-electron chi connectivity index (χ4n) is 3.25. The summed E-state index contributed by atoms with van der Waals surface area (Å²) in [6.45, 7) is 0.550. The van der Waals surface area contributed by atoms with Crippen molar-refractivity contribution in [3.05, 3.63) is 94.4 Å². The van der Waals surface area contributed by atoms with Crippen molar-refractivity contribution in [3.63, 3.8) is 0 Å². The number of amides is 2. The van der Waals surface area contributed by atoms with Crippen LogP contribution in [-0.4, -0.2) is 25.5 Å². The van der Waals surface area contributed by atoms with Crippen LogP contribution in [0.2, 0.25) is 0 Å². The lowest BCUT2D eigenvalue weighted by Crippen LogP contribution is -2.26. The number of rotatable bonds is 6. The zero-order valence-corrected chi connectivity index (χ0v) is 17.9. The molecule has 2 N–H and O–H groups in total. The standard InChI is InChI=1S/C25H22N2O3S/c1-30-20-9-5-8-18(14-20)15-23-25(29)27-21-16-19(10-11-22(21)31-23)24(28)26-13-12-17-6-3-2-4-7-17/h2-11,14-16H,12-13H2,1H3,(H,26,28)(H,27,29)/b23-15+. The number of methoxy groups -OCH3 is 1. The third-order valence-corrected chi connectivity index (χ3v) is 5.97. The molecule has 4 rings (SSSR count). The molecule has 0 saturated carbocycles. The quantitative estimate of drug-likeness (QED) is 0.554. The highest BCUT2D eigenvalue weighted by Gasteiger charge is 2.22. The number of hydrogen-bond acceptors (Lipinski definition) is 4. The first-order valence-corrected chi connectivity index (χ1v) is 10.7. The highest BCUT2D eigenvalue weighted by molar-refractivity contribution is 8.04. The van der Waals surface area contributed by atoms with Crippen molar-refractivity contribution < 1.29 is 14.3 Å². The van der Waals surface area contributed by atoms with Gasteiger partial charge in [0.2, 0.25) is 0 Å². The molecule has 0 bridgehead atoms. The van der Waals surface area contributed by atoms with E-state index in [-0.39, 0.29) is 11.8 Å². The molecule has 156 valence electrons. The van der Waals surface area contributed by atoms with Crippen molar-refractivity contribution in [2.24, 2.45) is 0 Å². The van der Waals surface area contributed by atoms with Crippen LogP contribution in [0, 0.1) is 0 Å². The second-order valence-corrected chi connectivity index (χ2v) is 8.13. The Kier molecular flexibility index (Phi) is 6.38. The molecule has 1 heterocycles. The van der Waals surface area contributed by atoms with Gasteiger partial charge in [0.25, 0.3) is 11.8 Å². The first-order chi connectivity index (χ1) is 15.1. The summed E-state index contributed by atoms with van der Waals surface area (Å²) in [4.78, 5) is 26.6. The molecule has 31 heavy (non-hydrogen) atoms. The van der Waals surface area contributed by atoms with E-state index in [4.69, 9.17) is 4.74 Å². The van der Waals surface area contributed by atoms with E-state index in [0.717, 1.165) is 22.6 Å². The lowest BCUT2D eigenvalue weighted by molar-refractivity contribution is -0.112. The number of carbonyl (C=O) groups is 2. The summed E-state index contributed by atoms with van der Waals surface area (Å²) in [5.41, 5.74) is 3.23. The molecule has 2 amide bonds. The van der Waals surface area contributed by atoms with E-state index in [0.29, 0.717) is 22.7 Å². The van der Waals surface area contributed by atoms with E-state index in [1.165, 1.54) is 17.3 Å². The largest absolute Gasteiger partial charge is 0.497 e. The number of hydrogen-bond donors (Lipinski definition) is 2. The molecule has 0 spiro atoms. The molecule has 5 nitrogen and oxygen atoms in total. The lowest BCUT2D eigenvalue weighted by Gasteiger charge is -2.19. The van der Waals surface area contributed by atoms with Gasteiger partial charge in [-0.25, -0.2) is 0 Å². The number of thioether (sulfide) groups is 1. The van der Waals surface area contributed by atoms with Crippen LogP contribution in [-0.2, 0) is 11.2 Å². The van der Waals surface area contributed by atoms with Gasteiger partial charge in [-0.05, 0) is 54.0 Å². The predicted octanol–water partition coefficient (Wildman–Crippen LogP) is 4.75. The predicted molar refractivity (Wildman–Crippen MR) is 124 cm³/mol. The van der Waals surface area contributed by atoms with E-state index in [2.05, 4.69) is 10.6 Å². The summed E-state index contributed by atoms with van der Waals surface area (Å²) in [7, 11) is 1.61. The van der Waals surface area contributed by atoms with Crippen LogP contribution in [0.1, 0.15) is 21.5 Å². The highest BCUT2D eigenvalue weighted by atomic mass is 32.2. The van der Waals surface area contributed by atoms with Gasteiger partial charge in [-0.15, -0.1) is 0 Å². The van der Waals surface area contributed by atoms with Crippen LogP contribution in [0.25, 0.3) is 6.08 Å². The summed E-state index contributed by atoms with van der Waals surface area (Å²) in [6.07, 6.45) is 2.60. The zero-order chi connectivity index (χ0) is 21.6. The van der Waals surface area contributed by atoms with Gasteiger partial charge in [0.05, 0.1) is 17.7 Å². The average molecular weight is 431 g/mol. The van der Waals surface area contributed by atoms with E-state index < -0.39 is 0 Å². The summed E-state index contributed by atoms with van der Waals surface area (Å²) in [5, 5.41) is 5.83. The van der Waals surface area contributed by atoms with Crippen LogP contribution in [0.5, 0.6) is 5.75 Å². The minimum atomic E-state index is -0.193. The topological polar surface area (TPSA) is 67.4 Å². The van der Waals surface area contributed by atoms with Crippen LogP contribution >= 0.6 is 11.8 Å². The Hall–Kier alpha value is -3.51. The van der Waals surface area contributed by atoms with Crippen LogP contribution < -0.4 is 15.4 Å². The van der Waals surface area contributed by atoms with Gasteiger partial charge in [-0.1, -0.05) is 54.2 Å². The Morgan fingerprint density at radius 1 is 1.06 bits per heavy atom. The van der Waals surface area contributed by atoms with Crippen molar-refractivity contribution in [1.29, 1.82) is 0 Å². The number of fused-ring (bicyclic) bond motifs is 1. The molecule has 0 saturated heterocycles. The Balaban J connectivity index is 1.43.